The third-order valence-corrected chi connectivity index (χ3v) is 5.11. The number of aromatic nitrogens is 3. The minimum atomic E-state index is -0.349. The van der Waals surface area contributed by atoms with Crippen molar-refractivity contribution in [2.45, 2.75) is 25.3 Å². The fourth-order valence-electron chi connectivity index (χ4n) is 3.27. The highest BCUT2D eigenvalue weighted by Crippen LogP contribution is 2.37. The van der Waals surface area contributed by atoms with E-state index in [9.17, 15) is 9.59 Å². The van der Waals surface area contributed by atoms with E-state index in [1.54, 1.807) is 24.5 Å². The van der Waals surface area contributed by atoms with Gasteiger partial charge in [0, 0.05) is 18.0 Å². The van der Waals surface area contributed by atoms with Gasteiger partial charge in [0.25, 0.3) is 5.91 Å². The summed E-state index contributed by atoms with van der Waals surface area (Å²) in [5.41, 5.74) is 2.15. The molecule has 0 bridgehead atoms. The van der Waals surface area contributed by atoms with E-state index < -0.39 is 0 Å². The van der Waals surface area contributed by atoms with Gasteiger partial charge in [-0.1, -0.05) is 18.0 Å². The third kappa shape index (κ3) is 3.05. The fraction of sp³-hybridized carbons (Fsp3) is 0.278. The molecule has 6 nitrogen and oxygen atoms in total. The predicted octanol–water partition coefficient (Wildman–Crippen LogP) is 3.18. The Morgan fingerprint density at radius 1 is 1.24 bits per heavy atom. The summed E-state index contributed by atoms with van der Waals surface area (Å²) in [4.78, 5) is 33.5. The van der Waals surface area contributed by atoms with Gasteiger partial charge in [-0.25, -0.2) is 4.79 Å². The molecule has 4 rings (SSSR count). The molecule has 2 aromatic heterocycles. The molecule has 3 aromatic rings. The highest BCUT2D eigenvalue weighted by molar-refractivity contribution is 6.35. The largest absolute Gasteiger partial charge is 0.345 e. The molecule has 7 heteroatoms. The molecule has 1 aliphatic carbocycles. The van der Waals surface area contributed by atoms with E-state index in [4.69, 9.17) is 11.6 Å². The van der Waals surface area contributed by atoms with Crippen LogP contribution in [0.3, 0.4) is 0 Å². The van der Waals surface area contributed by atoms with Gasteiger partial charge in [-0.05, 0) is 48.6 Å². The number of amides is 1. The van der Waals surface area contributed by atoms with Crippen molar-refractivity contribution in [3.8, 4) is 0 Å². The van der Waals surface area contributed by atoms with Gasteiger partial charge >= 0.3 is 5.69 Å². The molecule has 0 aliphatic heterocycles. The Balaban J connectivity index is 1.64. The van der Waals surface area contributed by atoms with Crippen LogP contribution in [0.1, 0.15) is 41.2 Å². The van der Waals surface area contributed by atoms with Crippen molar-refractivity contribution in [3.63, 3.8) is 0 Å². The number of nitrogens with zero attached hydrogens (tertiary/aromatic N) is 1. The average Bonchev–Trinajstić information content (AvgIpc) is 2.94. The van der Waals surface area contributed by atoms with E-state index in [-0.39, 0.29) is 17.6 Å². The Labute approximate surface area is 148 Å². The molecule has 2 heterocycles. The second-order valence-corrected chi connectivity index (χ2v) is 6.79. The number of aromatic amines is 2. The Morgan fingerprint density at radius 2 is 2.00 bits per heavy atom. The lowest BCUT2D eigenvalue weighted by Gasteiger charge is -2.34. The molecule has 128 valence electrons. The van der Waals surface area contributed by atoms with Crippen molar-refractivity contribution in [1.29, 1.82) is 0 Å². The van der Waals surface area contributed by atoms with E-state index in [2.05, 4.69) is 20.3 Å². The van der Waals surface area contributed by atoms with E-state index in [0.717, 1.165) is 18.4 Å². The quantitative estimate of drug-likeness (QED) is 0.670. The number of hydrogen-bond acceptors (Lipinski definition) is 3. The van der Waals surface area contributed by atoms with Crippen molar-refractivity contribution in [2.75, 3.05) is 0 Å². The van der Waals surface area contributed by atoms with Gasteiger partial charge in [0.05, 0.1) is 22.1 Å². The molecule has 1 aliphatic rings. The van der Waals surface area contributed by atoms with E-state index in [0.29, 0.717) is 27.5 Å². The van der Waals surface area contributed by atoms with Crippen LogP contribution in [0.5, 0.6) is 0 Å². The van der Waals surface area contributed by atoms with Crippen LogP contribution in [0.25, 0.3) is 11.0 Å². The van der Waals surface area contributed by atoms with Gasteiger partial charge in [-0.15, -0.1) is 0 Å². The first-order valence-corrected chi connectivity index (χ1v) is 8.62. The Kier molecular flexibility index (Phi) is 4.05. The first-order valence-electron chi connectivity index (χ1n) is 8.24. The number of H-pyrrole nitrogens is 2. The summed E-state index contributed by atoms with van der Waals surface area (Å²) in [6, 6.07) is 7.03. The van der Waals surface area contributed by atoms with Gasteiger partial charge in [0.2, 0.25) is 0 Å². The summed E-state index contributed by atoms with van der Waals surface area (Å²) in [5.74, 6) is 0.220. The summed E-state index contributed by atoms with van der Waals surface area (Å²) in [6.45, 7) is 0. The first kappa shape index (κ1) is 15.9. The molecular weight excluding hydrogens is 340 g/mol. The highest BCUT2D eigenvalue weighted by Gasteiger charge is 2.30. The van der Waals surface area contributed by atoms with E-state index >= 15 is 0 Å². The second-order valence-electron chi connectivity index (χ2n) is 6.38. The molecule has 1 atom stereocenters. The van der Waals surface area contributed by atoms with E-state index in [1.807, 2.05) is 12.1 Å². The number of benzene rings is 1. The molecule has 0 saturated heterocycles. The zero-order valence-corrected chi connectivity index (χ0v) is 14.1. The fourth-order valence-corrected chi connectivity index (χ4v) is 3.54. The number of rotatable bonds is 4. The topological polar surface area (TPSA) is 90.6 Å². The Bertz CT molecular complexity index is 976. The van der Waals surface area contributed by atoms with E-state index in [1.165, 1.54) is 6.42 Å². The smallest absolute Gasteiger partial charge is 0.323 e. The molecule has 25 heavy (non-hydrogen) atoms. The van der Waals surface area contributed by atoms with Crippen LogP contribution in [-0.2, 0) is 0 Å². The minimum Gasteiger partial charge on any atom is -0.345 e. The summed E-state index contributed by atoms with van der Waals surface area (Å²) < 4.78 is 0. The van der Waals surface area contributed by atoms with Gasteiger partial charge in [0.1, 0.15) is 0 Å². The van der Waals surface area contributed by atoms with Gasteiger partial charge < -0.3 is 15.3 Å². The van der Waals surface area contributed by atoms with Crippen molar-refractivity contribution < 1.29 is 4.79 Å². The summed E-state index contributed by atoms with van der Waals surface area (Å²) in [5, 5.41) is 3.46. The zero-order chi connectivity index (χ0) is 17.4. The third-order valence-electron chi connectivity index (χ3n) is 4.81. The molecule has 0 spiro atoms. The molecule has 0 radical (unpaired) electrons. The number of fused-ring (bicyclic) bond motifs is 1. The van der Waals surface area contributed by atoms with Crippen LogP contribution >= 0.6 is 11.6 Å². The predicted molar refractivity (Wildman–Crippen MR) is 95.7 cm³/mol. The van der Waals surface area contributed by atoms with Crippen LogP contribution in [0.15, 0.2) is 41.5 Å². The number of hydrogen-bond donors (Lipinski definition) is 3. The highest BCUT2D eigenvalue weighted by atomic mass is 35.5. The van der Waals surface area contributed by atoms with Crippen LogP contribution in [0.2, 0.25) is 5.02 Å². The Hall–Kier alpha value is -2.60. The SMILES string of the molecule is O=C(NC(c1ccncc1)C1CCC1)c1cc(Cl)c2[nH]c(=O)[nH]c2c1. The number of halogens is 1. The summed E-state index contributed by atoms with van der Waals surface area (Å²) in [6.07, 6.45) is 6.85. The summed E-state index contributed by atoms with van der Waals surface area (Å²) in [7, 11) is 0. The molecule has 1 saturated carbocycles. The average molecular weight is 357 g/mol. The number of nitrogens with one attached hydrogen (secondary N) is 3. The van der Waals surface area contributed by atoms with Crippen molar-refractivity contribution in [3.05, 3.63) is 63.3 Å². The zero-order valence-electron chi connectivity index (χ0n) is 13.4. The first-order chi connectivity index (χ1) is 12.1. The Morgan fingerprint density at radius 3 is 2.68 bits per heavy atom. The normalized spacial score (nSPS) is 15.7. The monoisotopic (exact) mass is 356 g/mol. The molecule has 1 fully saturated rings. The van der Waals surface area contributed by atoms with Gasteiger partial charge in [-0.2, -0.15) is 0 Å². The number of carbonyl (C=O) groups excluding carboxylic acids is 1. The minimum absolute atomic E-state index is 0.0519. The van der Waals surface area contributed by atoms with Crippen molar-refractivity contribution >= 4 is 28.5 Å². The maximum absolute atomic E-state index is 12.8. The molecule has 1 aromatic carbocycles. The van der Waals surface area contributed by atoms with Gasteiger partial charge in [-0.3, -0.25) is 9.78 Å². The van der Waals surface area contributed by atoms with Gasteiger partial charge in [0.15, 0.2) is 0 Å². The van der Waals surface area contributed by atoms with Crippen LogP contribution in [-0.4, -0.2) is 20.9 Å². The number of imidazole rings is 1. The number of pyridine rings is 1. The van der Waals surface area contributed by atoms with Crippen LogP contribution in [0.4, 0.5) is 0 Å². The standard InChI is InChI=1S/C18H17ClN4O2/c19-13-8-12(9-14-16(13)23-18(25)21-14)17(24)22-15(10-2-1-3-10)11-4-6-20-7-5-11/h4-10,15H,1-3H2,(H,22,24)(H2,21,23,25). The maximum Gasteiger partial charge on any atom is 0.323 e. The van der Waals surface area contributed by atoms with Crippen LogP contribution < -0.4 is 11.0 Å². The van der Waals surface area contributed by atoms with Crippen molar-refractivity contribution in [1.82, 2.24) is 20.3 Å². The number of carbonyl (C=O) groups is 1. The second kappa shape index (κ2) is 6.37. The molecule has 1 amide bonds. The maximum atomic E-state index is 12.8. The molecule has 3 N–H and O–H groups in total. The summed E-state index contributed by atoms with van der Waals surface area (Å²) >= 11 is 6.20. The molecular formula is C18H17ClN4O2. The molecule has 1 unspecified atom stereocenters. The lowest BCUT2D eigenvalue weighted by Crippen LogP contribution is -2.36. The van der Waals surface area contributed by atoms with Crippen molar-refractivity contribution in [2.24, 2.45) is 5.92 Å². The van der Waals surface area contributed by atoms with Crippen LogP contribution in [0, 0.1) is 5.92 Å². The lowest BCUT2D eigenvalue weighted by atomic mass is 9.77. The lowest BCUT2D eigenvalue weighted by molar-refractivity contribution is 0.0901.